The van der Waals surface area contributed by atoms with Crippen molar-refractivity contribution in [3.63, 3.8) is 0 Å². The average Bonchev–Trinajstić information content (AvgIpc) is 1.97. The molecule has 1 heteroatoms. The van der Waals surface area contributed by atoms with E-state index in [1.165, 1.54) is 19.3 Å². The minimum absolute atomic E-state index is 0.242. The van der Waals surface area contributed by atoms with Crippen LogP contribution in [0.1, 0.15) is 39.0 Å². The van der Waals surface area contributed by atoms with Gasteiger partial charge in [-0.25, -0.2) is 5.11 Å². The predicted molar refractivity (Wildman–Crippen MR) is 42.1 cm³/mol. The van der Waals surface area contributed by atoms with Crippen LogP contribution in [0.3, 0.4) is 0 Å². The highest BCUT2D eigenvalue weighted by molar-refractivity contribution is 4.97. The van der Waals surface area contributed by atoms with Crippen molar-refractivity contribution < 1.29 is 5.11 Å². The zero-order valence-electron chi connectivity index (χ0n) is 6.65. The SMILES string of the molecule is CCCCCCC#CC[O]. The van der Waals surface area contributed by atoms with Crippen LogP contribution >= 0.6 is 0 Å². The third-order valence-electron chi connectivity index (χ3n) is 1.35. The molecule has 0 aliphatic carbocycles. The topological polar surface area (TPSA) is 19.9 Å². The van der Waals surface area contributed by atoms with Gasteiger partial charge in [0.1, 0.15) is 6.61 Å². The Kier molecular flexibility index (Phi) is 8.11. The fraction of sp³-hybridized carbons (Fsp3) is 0.778. The molecule has 0 bridgehead atoms. The van der Waals surface area contributed by atoms with Gasteiger partial charge in [-0.3, -0.25) is 0 Å². The molecule has 0 aromatic rings. The molecule has 0 rings (SSSR count). The lowest BCUT2D eigenvalue weighted by atomic mass is 10.2. The second-order valence-corrected chi connectivity index (χ2v) is 2.31. The molecule has 1 nitrogen and oxygen atoms in total. The van der Waals surface area contributed by atoms with Crippen LogP contribution in [0.4, 0.5) is 0 Å². The quantitative estimate of drug-likeness (QED) is 0.421. The summed E-state index contributed by atoms with van der Waals surface area (Å²) < 4.78 is 0. The second-order valence-electron chi connectivity index (χ2n) is 2.31. The third-order valence-corrected chi connectivity index (χ3v) is 1.35. The van der Waals surface area contributed by atoms with Crippen molar-refractivity contribution in [1.82, 2.24) is 0 Å². The Morgan fingerprint density at radius 1 is 1.10 bits per heavy atom. The van der Waals surface area contributed by atoms with E-state index in [4.69, 9.17) is 0 Å². The molecule has 0 fully saturated rings. The highest BCUT2D eigenvalue weighted by Crippen LogP contribution is 2.00. The largest absolute Gasteiger partial charge is 0.223 e. The first-order valence-electron chi connectivity index (χ1n) is 3.95. The summed E-state index contributed by atoms with van der Waals surface area (Å²) in [5, 5.41) is 9.85. The molecule has 0 aromatic carbocycles. The first-order valence-corrected chi connectivity index (χ1v) is 3.95. The molecule has 0 unspecified atom stereocenters. The fourth-order valence-corrected chi connectivity index (χ4v) is 0.780. The maximum absolute atomic E-state index is 9.85. The molecule has 0 N–H and O–H groups in total. The Morgan fingerprint density at radius 3 is 2.50 bits per heavy atom. The molecule has 0 amide bonds. The van der Waals surface area contributed by atoms with E-state index in [-0.39, 0.29) is 6.61 Å². The summed E-state index contributed by atoms with van der Waals surface area (Å²) in [5.41, 5.74) is 0. The van der Waals surface area contributed by atoms with Crippen LogP contribution < -0.4 is 0 Å². The molecule has 0 saturated heterocycles. The third kappa shape index (κ3) is 7.52. The van der Waals surface area contributed by atoms with E-state index in [1.807, 2.05) is 0 Å². The molecule has 0 aliphatic rings. The summed E-state index contributed by atoms with van der Waals surface area (Å²) >= 11 is 0. The summed E-state index contributed by atoms with van der Waals surface area (Å²) in [6.45, 7) is 1.94. The minimum atomic E-state index is -0.242. The average molecular weight is 139 g/mol. The first kappa shape index (κ1) is 9.52. The highest BCUT2D eigenvalue weighted by atomic mass is 16.2. The van der Waals surface area contributed by atoms with Crippen LogP contribution in [0, 0.1) is 11.8 Å². The zero-order chi connectivity index (χ0) is 7.66. The van der Waals surface area contributed by atoms with Gasteiger partial charge in [0, 0.05) is 6.42 Å². The van der Waals surface area contributed by atoms with Crippen molar-refractivity contribution >= 4 is 0 Å². The Balaban J connectivity index is 2.90. The van der Waals surface area contributed by atoms with E-state index < -0.39 is 0 Å². The molecule has 0 heterocycles. The van der Waals surface area contributed by atoms with E-state index >= 15 is 0 Å². The van der Waals surface area contributed by atoms with Gasteiger partial charge in [-0.05, 0) is 6.42 Å². The predicted octanol–water partition coefficient (Wildman–Crippen LogP) is 2.39. The molecule has 0 aromatic heterocycles. The molecule has 1 radical (unpaired) electrons. The van der Waals surface area contributed by atoms with Gasteiger partial charge in [-0.2, -0.15) is 0 Å². The number of unbranched alkanes of at least 4 members (excludes halogenated alkanes) is 4. The molecule has 57 valence electrons. The van der Waals surface area contributed by atoms with Gasteiger partial charge >= 0.3 is 0 Å². The van der Waals surface area contributed by atoms with Gasteiger partial charge < -0.3 is 0 Å². The van der Waals surface area contributed by atoms with Gasteiger partial charge in [0.05, 0.1) is 0 Å². The van der Waals surface area contributed by atoms with Crippen LogP contribution in [0.5, 0.6) is 0 Å². The number of hydrogen-bond acceptors (Lipinski definition) is 0. The summed E-state index contributed by atoms with van der Waals surface area (Å²) in [5.74, 6) is 5.35. The smallest absolute Gasteiger partial charge is 0.143 e. The van der Waals surface area contributed by atoms with Gasteiger partial charge in [0.25, 0.3) is 0 Å². The van der Waals surface area contributed by atoms with Crippen LogP contribution in [0.25, 0.3) is 0 Å². The molecule has 0 atom stereocenters. The Hall–Kier alpha value is -0.480. The molecule has 0 spiro atoms. The van der Waals surface area contributed by atoms with Crippen molar-refractivity contribution in [2.24, 2.45) is 0 Å². The molecule has 10 heavy (non-hydrogen) atoms. The van der Waals surface area contributed by atoms with Crippen molar-refractivity contribution in [2.75, 3.05) is 6.61 Å². The monoisotopic (exact) mass is 139 g/mol. The van der Waals surface area contributed by atoms with Crippen molar-refractivity contribution in [1.29, 1.82) is 0 Å². The van der Waals surface area contributed by atoms with Crippen LogP contribution in [-0.2, 0) is 5.11 Å². The summed E-state index contributed by atoms with van der Waals surface area (Å²) in [6.07, 6.45) is 5.86. The maximum atomic E-state index is 9.85. The molecule has 0 saturated carbocycles. The summed E-state index contributed by atoms with van der Waals surface area (Å²) in [7, 11) is 0. The maximum Gasteiger partial charge on any atom is 0.143 e. The minimum Gasteiger partial charge on any atom is -0.223 e. The van der Waals surface area contributed by atoms with Gasteiger partial charge in [-0.15, -0.1) is 5.92 Å². The van der Waals surface area contributed by atoms with E-state index in [2.05, 4.69) is 18.8 Å². The lowest BCUT2D eigenvalue weighted by Gasteiger charge is -1.91. The standard InChI is InChI=1S/C9H15O/c1-2-3-4-5-6-7-8-9-10/h2-6,9H2,1H3. The normalized spacial score (nSPS) is 8.60. The Labute approximate surface area is 63.5 Å². The fourth-order valence-electron chi connectivity index (χ4n) is 0.780. The molecule has 0 aliphatic heterocycles. The van der Waals surface area contributed by atoms with Crippen LogP contribution in [0.15, 0.2) is 0 Å². The molecular formula is C9H15O. The first-order chi connectivity index (χ1) is 4.91. The van der Waals surface area contributed by atoms with Gasteiger partial charge in [0.2, 0.25) is 0 Å². The van der Waals surface area contributed by atoms with E-state index in [0.717, 1.165) is 12.8 Å². The highest BCUT2D eigenvalue weighted by Gasteiger charge is 1.82. The van der Waals surface area contributed by atoms with Crippen LogP contribution in [-0.4, -0.2) is 6.61 Å². The van der Waals surface area contributed by atoms with E-state index in [1.54, 1.807) is 0 Å². The van der Waals surface area contributed by atoms with Crippen molar-refractivity contribution in [3.8, 4) is 11.8 Å². The Bertz CT molecular complexity index is 108. The molecular weight excluding hydrogens is 124 g/mol. The van der Waals surface area contributed by atoms with Gasteiger partial charge in [-0.1, -0.05) is 32.1 Å². The second kappa shape index (κ2) is 8.52. The summed E-state index contributed by atoms with van der Waals surface area (Å²) in [6, 6.07) is 0. The number of rotatable bonds is 4. The summed E-state index contributed by atoms with van der Waals surface area (Å²) in [4.78, 5) is 0. The lowest BCUT2D eigenvalue weighted by molar-refractivity contribution is 0.239. The zero-order valence-corrected chi connectivity index (χ0v) is 6.65. The number of hydrogen-bond donors (Lipinski definition) is 0. The van der Waals surface area contributed by atoms with Crippen molar-refractivity contribution in [3.05, 3.63) is 0 Å². The Morgan fingerprint density at radius 2 is 1.90 bits per heavy atom. The lowest BCUT2D eigenvalue weighted by Crippen LogP contribution is -1.75. The van der Waals surface area contributed by atoms with Gasteiger partial charge in [0.15, 0.2) is 0 Å². The van der Waals surface area contributed by atoms with E-state index in [9.17, 15) is 5.11 Å². The van der Waals surface area contributed by atoms with E-state index in [0.29, 0.717) is 0 Å². The van der Waals surface area contributed by atoms with Crippen molar-refractivity contribution in [2.45, 2.75) is 39.0 Å². The van der Waals surface area contributed by atoms with Crippen LogP contribution in [0.2, 0.25) is 0 Å².